The van der Waals surface area contributed by atoms with E-state index in [-0.39, 0.29) is 12.0 Å². The summed E-state index contributed by atoms with van der Waals surface area (Å²) in [5.74, 6) is 0. The van der Waals surface area contributed by atoms with Crippen LogP contribution in [0.15, 0.2) is 15.8 Å². The number of aromatic amines is 1. The first-order chi connectivity index (χ1) is 18.2. The third kappa shape index (κ3) is 9.01. The molecule has 2 unspecified atom stereocenters. The van der Waals surface area contributed by atoms with E-state index in [1.807, 2.05) is 4.98 Å². The normalized spacial score (nSPS) is 25.9. The summed E-state index contributed by atoms with van der Waals surface area (Å²) < 4.78 is 54.0. The maximum Gasteiger partial charge on any atom is 0.481 e. The molecule has 2 rings (SSSR count). The van der Waals surface area contributed by atoms with E-state index in [1.54, 1.807) is 0 Å². The molecule has 0 radical (unpaired) electrons. The zero-order chi connectivity index (χ0) is 30.8. The van der Waals surface area contributed by atoms with Gasteiger partial charge in [-0.25, -0.2) is 13.9 Å². The molecule has 40 heavy (non-hydrogen) atoms. The van der Waals surface area contributed by atoms with E-state index in [0.717, 1.165) is 10.8 Å². The Bertz CT molecular complexity index is 1320. The summed E-state index contributed by atoms with van der Waals surface area (Å²) in [6.07, 6.45) is -14.3. The topological polar surface area (TPSA) is 342 Å². The lowest BCUT2D eigenvalue weighted by Gasteiger charge is -2.29. The third-order valence-electron chi connectivity index (χ3n) is 5.29. The minimum atomic E-state index is -6.04. The van der Waals surface area contributed by atoms with Crippen LogP contribution < -0.4 is 11.2 Å². The Morgan fingerprint density at radius 3 is 2.30 bits per heavy atom. The van der Waals surface area contributed by atoms with Gasteiger partial charge in [-0.2, -0.15) is 4.31 Å². The van der Waals surface area contributed by atoms with Crippen molar-refractivity contribution in [3.8, 4) is 0 Å². The average molecular weight is 644 g/mol. The summed E-state index contributed by atoms with van der Waals surface area (Å²) in [5.41, 5.74) is -3.80. The van der Waals surface area contributed by atoms with Crippen LogP contribution in [0.1, 0.15) is 18.2 Å². The average Bonchev–Trinajstić information content (AvgIpc) is 3.20. The maximum atomic E-state index is 12.7. The van der Waals surface area contributed by atoms with Crippen molar-refractivity contribution in [2.24, 2.45) is 0 Å². The molecule has 21 nitrogen and oxygen atoms in total. The number of phosphoric acid groups is 2. The second-order valence-corrected chi connectivity index (χ2v) is 12.9. The number of carbonyl (C=O) groups is 1. The summed E-state index contributed by atoms with van der Waals surface area (Å²) in [5, 5.41) is 48.7. The van der Waals surface area contributed by atoms with Crippen LogP contribution in [0, 0.1) is 6.92 Å². The molecule has 1 aliphatic heterocycles. The Labute approximate surface area is 222 Å². The van der Waals surface area contributed by atoms with Crippen LogP contribution in [0.4, 0.5) is 0 Å². The highest BCUT2D eigenvalue weighted by atomic mass is 31.3. The number of phosphoric ester groups is 1. The lowest BCUT2D eigenvalue weighted by molar-refractivity contribution is -0.140. The van der Waals surface area contributed by atoms with Gasteiger partial charge in [0.05, 0.1) is 19.3 Å². The van der Waals surface area contributed by atoms with Gasteiger partial charge in [0.2, 0.25) is 0 Å². The van der Waals surface area contributed by atoms with Crippen LogP contribution in [-0.4, -0.2) is 110 Å². The number of H-pyrrole nitrogens is 1. The molecule has 0 saturated carbocycles. The number of aliphatic hydroxyl groups is 5. The van der Waals surface area contributed by atoms with Crippen molar-refractivity contribution in [2.75, 3.05) is 13.2 Å². The van der Waals surface area contributed by atoms with E-state index in [0.29, 0.717) is 0 Å². The molecule has 0 spiro atoms. The molecule has 2 heterocycles. The Hall–Kier alpha value is -1.48. The number of nitrogens with one attached hydrogen (secondary N) is 1. The van der Waals surface area contributed by atoms with Crippen molar-refractivity contribution in [2.45, 2.75) is 56.2 Å². The van der Waals surface area contributed by atoms with Crippen molar-refractivity contribution < 1.29 is 81.7 Å². The van der Waals surface area contributed by atoms with Crippen molar-refractivity contribution >= 4 is 28.8 Å². The van der Waals surface area contributed by atoms with Gasteiger partial charge in [-0.05, 0) is 6.92 Å². The number of aryl methyl sites for hydroxylation is 1. The van der Waals surface area contributed by atoms with Gasteiger partial charge in [-0.15, -0.1) is 0 Å². The number of aromatic nitrogens is 2. The second-order valence-electron chi connectivity index (χ2n) is 8.36. The monoisotopic (exact) mass is 644 g/mol. The summed E-state index contributed by atoms with van der Waals surface area (Å²) in [6.45, 7) is -0.971. The summed E-state index contributed by atoms with van der Waals surface area (Å²) >= 11 is 0. The van der Waals surface area contributed by atoms with E-state index < -0.39 is 96.1 Å². The zero-order valence-electron chi connectivity index (χ0n) is 20.1. The predicted molar refractivity (Wildman–Crippen MR) is 124 cm³/mol. The number of carbonyl (C=O) groups excluding carboxylic acids is 1. The summed E-state index contributed by atoms with van der Waals surface area (Å²) in [4.78, 5) is 75.4. The van der Waals surface area contributed by atoms with E-state index in [9.17, 15) is 58.3 Å². The highest BCUT2D eigenvalue weighted by molar-refractivity contribution is 7.71. The number of ether oxygens (including phenoxy) is 1. The minimum absolute atomic E-state index is 0.102. The van der Waals surface area contributed by atoms with Gasteiger partial charge in [-0.1, -0.05) is 0 Å². The molecule has 230 valence electrons. The largest absolute Gasteiger partial charge is 0.481 e. The molecule has 24 heteroatoms. The highest BCUT2D eigenvalue weighted by Gasteiger charge is 2.50. The van der Waals surface area contributed by atoms with Crippen molar-refractivity contribution in [3.05, 3.63) is 32.6 Å². The fraction of sp³-hybridized carbons (Fsp3) is 0.688. The van der Waals surface area contributed by atoms with Crippen LogP contribution in [0.5, 0.6) is 0 Å². The van der Waals surface area contributed by atoms with Gasteiger partial charge in [0.15, 0.2) is 6.10 Å². The molecule has 1 aliphatic rings. The third-order valence-corrected chi connectivity index (χ3v) is 8.77. The summed E-state index contributed by atoms with van der Waals surface area (Å²) in [7, 11) is -17.6. The maximum absolute atomic E-state index is 12.7. The number of nitrogens with zero attached hydrogens (tertiary/aromatic N) is 1. The van der Waals surface area contributed by atoms with Gasteiger partial charge in [0, 0.05) is 18.2 Å². The smallest absolute Gasteiger partial charge is 0.394 e. The zero-order valence-corrected chi connectivity index (χ0v) is 22.8. The van der Waals surface area contributed by atoms with Gasteiger partial charge in [0.1, 0.15) is 30.6 Å². The molecule has 1 aromatic rings. The Morgan fingerprint density at radius 1 is 1.15 bits per heavy atom. The molecular formula is C16H27N2O19P3. The molecule has 9 atom stereocenters. The van der Waals surface area contributed by atoms with Gasteiger partial charge in [-0.3, -0.25) is 28.2 Å². The molecule has 1 fully saturated rings. The molecule has 10 N–H and O–H groups in total. The fourth-order valence-electron chi connectivity index (χ4n) is 3.30. The Morgan fingerprint density at radius 2 is 1.75 bits per heavy atom. The standard InChI is InChI=1S/C16H27N2O19P3/c1-6-3-18(16(26)17-14(6)24)10-2-7(20)9(35-10)5-34-38(27,28)15(25)13(12(23)11(22)8(21)4-19)36-40(32,33)37-39(29,30)31/h3,7-13,19-23H,2,4-5H2,1H3,(H,27,28)(H,32,33)(H,17,24,26)(H2,29,30,31)/t7-,8+,9+,10+,11+,12-,13+/m0/s1. The van der Waals surface area contributed by atoms with Gasteiger partial charge in [0.25, 0.3) is 11.1 Å². The van der Waals surface area contributed by atoms with Crippen molar-refractivity contribution in [3.63, 3.8) is 0 Å². The van der Waals surface area contributed by atoms with E-state index in [2.05, 4.69) is 13.4 Å². The minimum Gasteiger partial charge on any atom is -0.394 e. The Balaban J connectivity index is 2.24. The van der Waals surface area contributed by atoms with Crippen LogP contribution >= 0.6 is 23.2 Å². The number of rotatable bonds is 14. The van der Waals surface area contributed by atoms with E-state index in [4.69, 9.17) is 19.6 Å². The molecule has 0 aromatic carbocycles. The molecule has 0 bridgehead atoms. The van der Waals surface area contributed by atoms with Crippen LogP contribution in [-0.2, 0) is 36.6 Å². The highest BCUT2D eigenvalue weighted by Crippen LogP contribution is 2.59. The SMILES string of the molecule is Cc1cn([C@H]2C[C@H](O)[C@@H](COP(=O)(O)C(=O)[C@H](OP(=O)(O)OP(=O)(O)O)[C@@H](O)[C@H](O)[C@H](O)CO)O2)c(=O)[nH]c1=O. The molecular weight excluding hydrogens is 617 g/mol. The van der Waals surface area contributed by atoms with E-state index in [1.165, 1.54) is 6.92 Å². The lowest BCUT2D eigenvalue weighted by Crippen LogP contribution is -2.49. The Kier molecular flexibility index (Phi) is 11.5. The van der Waals surface area contributed by atoms with Crippen molar-refractivity contribution in [1.82, 2.24) is 9.55 Å². The molecule has 0 amide bonds. The number of hydrogen-bond donors (Lipinski definition) is 10. The van der Waals surface area contributed by atoms with Gasteiger partial charge >= 0.3 is 28.9 Å². The molecule has 1 aromatic heterocycles. The quantitative estimate of drug-likeness (QED) is 0.0860. The predicted octanol–water partition coefficient (Wildman–Crippen LogP) is -4.11. The van der Waals surface area contributed by atoms with E-state index >= 15 is 0 Å². The summed E-state index contributed by atoms with van der Waals surface area (Å²) in [6, 6.07) is 0. The first-order valence-corrected chi connectivity index (χ1v) is 15.4. The second kappa shape index (κ2) is 13.2. The number of hydrogen-bond acceptors (Lipinski definition) is 15. The fourth-order valence-corrected chi connectivity index (χ4v) is 6.12. The van der Waals surface area contributed by atoms with Gasteiger partial charge < -0.3 is 54.4 Å². The first-order valence-electron chi connectivity index (χ1n) is 10.8. The molecule has 0 aliphatic carbocycles. The van der Waals surface area contributed by atoms with Crippen LogP contribution in [0.3, 0.4) is 0 Å². The number of aliphatic hydroxyl groups excluding tert-OH is 5. The lowest BCUT2D eigenvalue weighted by atomic mass is 10.0. The van der Waals surface area contributed by atoms with Crippen molar-refractivity contribution in [1.29, 1.82) is 0 Å². The first kappa shape index (κ1) is 34.7. The van der Waals surface area contributed by atoms with Crippen LogP contribution in [0.2, 0.25) is 0 Å². The molecule has 1 saturated heterocycles. The van der Waals surface area contributed by atoms with Crippen LogP contribution in [0.25, 0.3) is 0 Å².